The van der Waals surface area contributed by atoms with E-state index in [2.05, 4.69) is 28.7 Å². The molecule has 0 unspecified atom stereocenters. The van der Waals surface area contributed by atoms with Crippen molar-refractivity contribution in [2.75, 3.05) is 11.9 Å². The fourth-order valence-electron chi connectivity index (χ4n) is 3.29. The lowest BCUT2D eigenvalue weighted by atomic mass is 9.97. The van der Waals surface area contributed by atoms with Crippen LogP contribution in [-0.2, 0) is 6.42 Å². The van der Waals surface area contributed by atoms with Crippen LogP contribution >= 0.6 is 11.3 Å². The van der Waals surface area contributed by atoms with Crippen molar-refractivity contribution in [3.63, 3.8) is 0 Å². The second-order valence-electron chi connectivity index (χ2n) is 6.32. The van der Waals surface area contributed by atoms with Crippen molar-refractivity contribution in [2.45, 2.75) is 44.7 Å². The fraction of sp³-hybridized carbons (Fsp3) is 0.444. The summed E-state index contributed by atoms with van der Waals surface area (Å²) in [5.41, 5.74) is 2.01. The van der Waals surface area contributed by atoms with E-state index in [9.17, 15) is 4.79 Å². The van der Waals surface area contributed by atoms with Crippen LogP contribution in [0.15, 0.2) is 29.8 Å². The molecule has 3 heterocycles. The molecule has 120 valence electrons. The average Bonchev–Trinajstić information content (AvgIpc) is 3.26. The van der Waals surface area contributed by atoms with Gasteiger partial charge in [-0.05, 0) is 54.8 Å². The number of nitrogens with one attached hydrogen (secondary N) is 1. The summed E-state index contributed by atoms with van der Waals surface area (Å²) in [6.45, 7) is 2.95. The highest BCUT2D eigenvalue weighted by Gasteiger charge is 2.31. The van der Waals surface area contributed by atoms with Crippen molar-refractivity contribution in [1.29, 1.82) is 0 Å². The second kappa shape index (κ2) is 5.96. The molecule has 0 aromatic carbocycles. The zero-order valence-corrected chi connectivity index (χ0v) is 14.1. The van der Waals surface area contributed by atoms with Crippen LogP contribution in [0.3, 0.4) is 0 Å². The number of amides is 1. The standard InChI is InChI=1S/C18H21N3OS/c1-2-15-14-8-10-23-16(14)7-9-21(15)18(22)12-3-6-17(19-11-12)20-13-4-5-13/h3,6,8,10-11,13,15H,2,4-5,7,9H2,1H3,(H,19,20)/t15-/m0/s1. The Kier molecular flexibility index (Phi) is 3.81. The van der Waals surface area contributed by atoms with Crippen LogP contribution in [0.5, 0.6) is 0 Å². The molecule has 4 nitrogen and oxygen atoms in total. The molecule has 23 heavy (non-hydrogen) atoms. The van der Waals surface area contributed by atoms with E-state index in [0.29, 0.717) is 11.6 Å². The Bertz CT molecular complexity index is 705. The molecule has 1 saturated carbocycles. The van der Waals surface area contributed by atoms with E-state index in [1.54, 1.807) is 6.20 Å². The predicted octanol–water partition coefficient (Wildman–Crippen LogP) is 3.87. The van der Waals surface area contributed by atoms with Gasteiger partial charge in [0.1, 0.15) is 5.82 Å². The van der Waals surface area contributed by atoms with E-state index in [1.165, 1.54) is 23.3 Å². The van der Waals surface area contributed by atoms with Crippen molar-refractivity contribution < 1.29 is 4.79 Å². The summed E-state index contributed by atoms with van der Waals surface area (Å²) in [6.07, 6.45) is 6.06. The Morgan fingerprint density at radius 1 is 1.39 bits per heavy atom. The largest absolute Gasteiger partial charge is 0.367 e. The van der Waals surface area contributed by atoms with Crippen LogP contribution in [-0.4, -0.2) is 28.4 Å². The average molecular weight is 327 g/mol. The number of carbonyl (C=O) groups is 1. The highest BCUT2D eigenvalue weighted by molar-refractivity contribution is 7.10. The van der Waals surface area contributed by atoms with Gasteiger partial charge in [0.05, 0.1) is 11.6 Å². The Morgan fingerprint density at radius 2 is 2.26 bits per heavy atom. The number of fused-ring (bicyclic) bond motifs is 1. The number of aromatic nitrogens is 1. The quantitative estimate of drug-likeness (QED) is 0.927. The van der Waals surface area contributed by atoms with E-state index in [4.69, 9.17) is 0 Å². The molecule has 2 aliphatic rings. The van der Waals surface area contributed by atoms with Gasteiger partial charge in [-0.3, -0.25) is 4.79 Å². The van der Waals surface area contributed by atoms with Gasteiger partial charge in [0, 0.05) is 23.7 Å². The Balaban J connectivity index is 1.53. The summed E-state index contributed by atoms with van der Waals surface area (Å²) in [5, 5.41) is 5.50. The maximum absolute atomic E-state index is 12.9. The summed E-state index contributed by atoms with van der Waals surface area (Å²) in [5.74, 6) is 0.967. The number of thiophene rings is 1. The first kappa shape index (κ1) is 14.7. The second-order valence-corrected chi connectivity index (χ2v) is 7.32. The number of pyridine rings is 1. The van der Waals surface area contributed by atoms with E-state index in [1.807, 2.05) is 28.4 Å². The number of nitrogens with zero attached hydrogens (tertiary/aromatic N) is 2. The third kappa shape index (κ3) is 2.85. The molecule has 2 aromatic heterocycles. The van der Waals surface area contributed by atoms with Gasteiger partial charge in [-0.15, -0.1) is 11.3 Å². The number of anilines is 1. The Morgan fingerprint density at radius 3 is 2.96 bits per heavy atom. The van der Waals surface area contributed by atoms with Gasteiger partial charge in [-0.1, -0.05) is 6.92 Å². The minimum Gasteiger partial charge on any atom is -0.367 e. The third-order valence-electron chi connectivity index (χ3n) is 4.68. The molecule has 1 atom stereocenters. The molecule has 1 aliphatic heterocycles. The first-order valence-electron chi connectivity index (χ1n) is 8.36. The van der Waals surface area contributed by atoms with Crippen LogP contribution in [0, 0.1) is 0 Å². The molecule has 2 aromatic rings. The number of hydrogen-bond acceptors (Lipinski definition) is 4. The fourth-order valence-corrected chi connectivity index (χ4v) is 4.22. The van der Waals surface area contributed by atoms with Gasteiger partial charge < -0.3 is 10.2 Å². The van der Waals surface area contributed by atoms with Gasteiger partial charge >= 0.3 is 0 Å². The SMILES string of the molecule is CC[C@H]1c2ccsc2CCN1C(=O)c1ccc(NC2CC2)nc1. The molecule has 0 radical (unpaired) electrons. The summed E-state index contributed by atoms with van der Waals surface area (Å²) in [4.78, 5) is 20.8. The van der Waals surface area contributed by atoms with Crippen LogP contribution in [0.1, 0.15) is 53.0 Å². The van der Waals surface area contributed by atoms with Crippen molar-refractivity contribution in [3.05, 3.63) is 45.8 Å². The van der Waals surface area contributed by atoms with Gasteiger partial charge in [-0.25, -0.2) is 4.98 Å². The Labute approximate surface area is 140 Å². The van der Waals surface area contributed by atoms with Crippen LogP contribution in [0.25, 0.3) is 0 Å². The molecule has 1 fully saturated rings. The van der Waals surface area contributed by atoms with Crippen molar-refractivity contribution in [3.8, 4) is 0 Å². The minimum atomic E-state index is 0.0965. The van der Waals surface area contributed by atoms with Crippen LogP contribution in [0.4, 0.5) is 5.82 Å². The molecule has 0 spiro atoms. The van der Waals surface area contributed by atoms with Gasteiger partial charge in [-0.2, -0.15) is 0 Å². The lowest BCUT2D eigenvalue weighted by molar-refractivity contribution is 0.0657. The maximum Gasteiger partial charge on any atom is 0.255 e. The maximum atomic E-state index is 12.9. The minimum absolute atomic E-state index is 0.0965. The summed E-state index contributed by atoms with van der Waals surface area (Å²) in [7, 11) is 0. The molecule has 1 amide bonds. The molecule has 4 rings (SSSR count). The smallest absolute Gasteiger partial charge is 0.255 e. The van der Waals surface area contributed by atoms with Crippen molar-refractivity contribution in [1.82, 2.24) is 9.88 Å². The molecular weight excluding hydrogens is 306 g/mol. The number of carbonyl (C=O) groups excluding carboxylic acids is 1. The van der Waals surface area contributed by atoms with E-state index < -0.39 is 0 Å². The lowest BCUT2D eigenvalue weighted by Crippen LogP contribution is -2.39. The zero-order valence-electron chi connectivity index (χ0n) is 13.3. The summed E-state index contributed by atoms with van der Waals surface area (Å²) >= 11 is 1.81. The molecule has 1 aliphatic carbocycles. The normalized spacial score (nSPS) is 20.2. The van der Waals surface area contributed by atoms with Crippen molar-refractivity contribution >= 4 is 23.1 Å². The van der Waals surface area contributed by atoms with E-state index in [0.717, 1.165) is 25.2 Å². The summed E-state index contributed by atoms with van der Waals surface area (Å²) < 4.78 is 0. The molecule has 1 N–H and O–H groups in total. The Hall–Kier alpha value is -1.88. The molecular formula is C18H21N3OS. The van der Waals surface area contributed by atoms with E-state index in [-0.39, 0.29) is 11.9 Å². The van der Waals surface area contributed by atoms with Crippen molar-refractivity contribution in [2.24, 2.45) is 0 Å². The first-order chi connectivity index (χ1) is 11.3. The van der Waals surface area contributed by atoms with Gasteiger partial charge in [0.2, 0.25) is 0 Å². The summed E-state index contributed by atoms with van der Waals surface area (Å²) in [6, 6.07) is 6.77. The molecule has 0 bridgehead atoms. The van der Waals surface area contributed by atoms with E-state index >= 15 is 0 Å². The van der Waals surface area contributed by atoms with Crippen LogP contribution in [0.2, 0.25) is 0 Å². The monoisotopic (exact) mass is 327 g/mol. The zero-order chi connectivity index (χ0) is 15.8. The lowest BCUT2D eigenvalue weighted by Gasteiger charge is -2.35. The topological polar surface area (TPSA) is 45.2 Å². The molecule has 0 saturated heterocycles. The van der Waals surface area contributed by atoms with Gasteiger partial charge in [0.25, 0.3) is 5.91 Å². The predicted molar refractivity (Wildman–Crippen MR) is 93.0 cm³/mol. The highest BCUT2D eigenvalue weighted by atomic mass is 32.1. The third-order valence-corrected chi connectivity index (χ3v) is 5.68. The highest BCUT2D eigenvalue weighted by Crippen LogP contribution is 2.36. The number of hydrogen-bond donors (Lipinski definition) is 1. The molecule has 5 heteroatoms. The first-order valence-corrected chi connectivity index (χ1v) is 9.24. The van der Waals surface area contributed by atoms with Gasteiger partial charge in [0.15, 0.2) is 0 Å². The van der Waals surface area contributed by atoms with Crippen LogP contribution < -0.4 is 5.32 Å². The number of rotatable bonds is 4.